The highest BCUT2D eigenvalue weighted by molar-refractivity contribution is 5.87. The summed E-state index contributed by atoms with van der Waals surface area (Å²) in [5.74, 6) is 3.67. The zero-order valence-electron chi connectivity index (χ0n) is 17.2. The fourth-order valence-corrected chi connectivity index (χ4v) is 7.10. The smallest absolute Gasteiger partial charge is 0.142 e. The molecule has 0 aromatic carbocycles. The van der Waals surface area contributed by atoms with Crippen LogP contribution in [0.25, 0.3) is 0 Å². The lowest BCUT2D eigenvalue weighted by molar-refractivity contribution is -0.192. The van der Waals surface area contributed by atoms with Crippen molar-refractivity contribution < 1.29 is 14.6 Å². The molecule has 0 saturated heterocycles. The van der Waals surface area contributed by atoms with Gasteiger partial charge in [0, 0.05) is 30.3 Å². The first-order chi connectivity index (χ1) is 12.2. The van der Waals surface area contributed by atoms with Crippen LogP contribution in [0.15, 0.2) is 0 Å². The number of ketones is 1. The zero-order valence-corrected chi connectivity index (χ0v) is 17.2. The molecular weight excluding hydrogens is 324 g/mol. The van der Waals surface area contributed by atoms with Crippen molar-refractivity contribution in [2.24, 2.45) is 34.0 Å². The number of carbonyl (C=O) groups excluding carboxylic acids is 1. The molecule has 2 unspecified atom stereocenters. The molecule has 0 aromatic heterocycles. The lowest BCUT2D eigenvalue weighted by Gasteiger charge is -2.61. The summed E-state index contributed by atoms with van der Waals surface area (Å²) in [6.45, 7) is 8.74. The van der Waals surface area contributed by atoms with Crippen molar-refractivity contribution in [3.8, 4) is 12.3 Å². The van der Waals surface area contributed by atoms with Crippen molar-refractivity contribution in [1.82, 2.24) is 0 Å². The topological polar surface area (TPSA) is 46.5 Å². The standard InChI is InChI=1S/C23H36O3/c1-7-8-11-21(4)14-18(24)22(5)15(2)9-12-23(16(3)20(21)25)13-10-17(26-6)19(22)23/h1,15-19,24H,8-14H2,2-6H3/t15-,16+,17-,18-,19?,21-,22+,23?/m1/s1. The molecule has 3 nitrogen and oxygen atoms in total. The first-order valence-corrected chi connectivity index (χ1v) is 10.4. The first kappa shape index (κ1) is 19.9. The molecule has 3 saturated carbocycles. The van der Waals surface area contributed by atoms with Crippen molar-refractivity contribution >= 4 is 5.78 Å². The van der Waals surface area contributed by atoms with Gasteiger partial charge in [0.1, 0.15) is 5.78 Å². The summed E-state index contributed by atoms with van der Waals surface area (Å²) in [6, 6.07) is 0. The molecule has 1 N–H and O–H groups in total. The zero-order chi connectivity index (χ0) is 19.3. The van der Waals surface area contributed by atoms with Gasteiger partial charge in [-0.2, -0.15) is 0 Å². The Balaban J connectivity index is 2.14. The predicted molar refractivity (Wildman–Crippen MR) is 103 cm³/mol. The predicted octanol–water partition coefficient (Wildman–Crippen LogP) is 4.22. The van der Waals surface area contributed by atoms with Crippen LogP contribution in [0.2, 0.25) is 0 Å². The molecular formula is C23H36O3. The second-order valence-electron chi connectivity index (χ2n) is 9.90. The summed E-state index contributed by atoms with van der Waals surface area (Å²) in [6.07, 6.45) is 11.1. The number of aliphatic hydroxyl groups is 1. The van der Waals surface area contributed by atoms with Crippen LogP contribution in [0.5, 0.6) is 0 Å². The second-order valence-corrected chi connectivity index (χ2v) is 9.90. The summed E-state index contributed by atoms with van der Waals surface area (Å²) in [7, 11) is 1.79. The number of carbonyl (C=O) groups is 1. The van der Waals surface area contributed by atoms with E-state index in [2.05, 4.69) is 26.7 Å². The molecule has 0 heterocycles. The van der Waals surface area contributed by atoms with Crippen LogP contribution in [0, 0.1) is 46.3 Å². The molecule has 3 fully saturated rings. The number of Topliss-reactive ketones (excluding diaryl/α,β-unsaturated/α-hetero) is 1. The maximum Gasteiger partial charge on any atom is 0.142 e. The van der Waals surface area contributed by atoms with Crippen molar-refractivity contribution in [3.05, 3.63) is 0 Å². The summed E-state index contributed by atoms with van der Waals surface area (Å²) in [5, 5.41) is 11.5. The molecule has 26 heavy (non-hydrogen) atoms. The average molecular weight is 361 g/mol. The van der Waals surface area contributed by atoms with Crippen LogP contribution < -0.4 is 0 Å². The molecule has 0 aromatic rings. The van der Waals surface area contributed by atoms with E-state index in [4.69, 9.17) is 11.2 Å². The molecule has 0 aliphatic heterocycles. The Morgan fingerprint density at radius 2 is 1.92 bits per heavy atom. The lowest BCUT2D eigenvalue weighted by Crippen LogP contribution is -2.62. The van der Waals surface area contributed by atoms with E-state index < -0.39 is 11.5 Å². The minimum Gasteiger partial charge on any atom is -0.393 e. The Bertz CT molecular complexity index is 607. The van der Waals surface area contributed by atoms with Gasteiger partial charge in [-0.3, -0.25) is 4.79 Å². The second kappa shape index (κ2) is 6.64. The number of aliphatic hydroxyl groups excluding tert-OH is 1. The Morgan fingerprint density at radius 1 is 1.27 bits per heavy atom. The molecule has 3 aliphatic rings. The molecule has 0 spiro atoms. The number of rotatable bonds is 3. The highest BCUT2D eigenvalue weighted by Gasteiger charge is 2.67. The Hall–Kier alpha value is -0.850. The van der Waals surface area contributed by atoms with Gasteiger partial charge < -0.3 is 9.84 Å². The summed E-state index contributed by atoms with van der Waals surface area (Å²) in [4.78, 5) is 13.7. The third-order valence-electron chi connectivity index (χ3n) is 9.00. The maximum absolute atomic E-state index is 13.7. The fraction of sp³-hybridized carbons (Fsp3) is 0.870. The van der Waals surface area contributed by atoms with Crippen LogP contribution in [0.3, 0.4) is 0 Å². The van der Waals surface area contributed by atoms with E-state index >= 15 is 0 Å². The minimum atomic E-state index is -0.535. The van der Waals surface area contributed by atoms with Gasteiger partial charge in [-0.1, -0.05) is 27.7 Å². The normalized spacial score (nSPS) is 51.3. The highest BCUT2D eigenvalue weighted by Crippen LogP contribution is 2.68. The van der Waals surface area contributed by atoms with Crippen LogP contribution in [0.4, 0.5) is 0 Å². The van der Waals surface area contributed by atoms with Crippen LogP contribution >= 0.6 is 0 Å². The van der Waals surface area contributed by atoms with Crippen molar-refractivity contribution in [3.63, 3.8) is 0 Å². The lowest BCUT2D eigenvalue weighted by atomic mass is 9.44. The largest absolute Gasteiger partial charge is 0.393 e. The molecule has 2 bridgehead atoms. The minimum absolute atomic E-state index is 0.00486. The van der Waals surface area contributed by atoms with Gasteiger partial charge in [-0.05, 0) is 55.8 Å². The molecule has 3 rings (SSSR count). The van der Waals surface area contributed by atoms with E-state index in [0.717, 1.165) is 25.7 Å². The number of hydrogen-bond donors (Lipinski definition) is 1. The molecule has 0 amide bonds. The number of methoxy groups -OCH3 is 1. The number of terminal acetylenes is 1. The van der Waals surface area contributed by atoms with E-state index in [1.807, 2.05) is 6.92 Å². The Labute approximate surface area is 159 Å². The van der Waals surface area contributed by atoms with E-state index in [0.29, 0.717) is 31.0 Å². The third-order valence-corrected chi connectivity index (χ3v) is 9.00. The van der Waals surface area contributed by atoms with Gasteiger partial charge in [-0.15, -0.1) is 12.3 Å². The third kappa shape index (κ3) is 2.52. The molecule has 3 aliphatic carbocycles. The fourth-order valence-electron chi connectivity index (χ4n) is 7.10. The van der Waals surface area contributed by atoms with Gasteiger partial charge in [0.05, 0.1) is 12.2 Å². The van der Waals surface area contributed by atoms with Crippen molar-refractivity contribution in [2.45, 2.75) is 84.8 Å². The monoisotopic (exact) mass is 360 g/mol. The van der Waals surface area contributed by atoms with E-state index in [1.54, 1.807) is 7.11 Å². The number of hydrogen-bond acceptors (Lipinski definition) is 3. The van der Waals surface area contributed by atoms with E-state index in [1.165, 1.54) is 0 Å². The van der Waals surface area contributed by atoms with Crippen LogP contribution in [-0.4, -0.2) is 30.2 Å². The van der Waals surface area contributed by atoms with Crippen molar-refractivity contribution in [2.75, 3.05) is 7.11 Å². The quantitative estimate of drug-likeness (QED) is 0.767. The van der Waals surface area contributed by atoms with Gasteiger partial charge >= 0.3 is 0 Å². The Morgan fingerprint density at radius 3 is 2.54 bits per heavy atom. The summed E-state index contributed by atoms with van der Waals surface area (Å²) in [5.41, 5.74) is -0.799. The maximum atomic E-state index is 13.7. The van der Waals surface area contributed by atoms with Crippen LogP contribution in [0.1, 0.15) is 72.6 Å². The van der Waals surface area contributed by atoms with Gasteiger partial charge in [-0.25, -0.2) is 0 Å². The Kier molecular flexibility index (Phi) is 5.08. The molecule has 146 valence electrons. The summed E-state index contributed by atoms with van der Waals surface area (Å²) >= 11 is 0. The van der Waals surface area contributed by atoms with Crippen LogP contribution in [-0.2, 0) is 9.53 Å². The van der Waals surface area contributed by atoms with Gasteiger partial charge in [0.15, 0.2) is 0 Å². The van der Waals surface area contributed by atoms with Gasteiger partial charge in [0.2, 0.25) is 0 Å². The highest BCUT2D eigenvalue weighted by atomic mass is 16.5. The molecule has 3 heteroatoms. The summed E-state index contributed by atoms with van der Waals surface area (Å²) < 4.78 is 5.92. The van der Waals surface area contributed by atoms with E-state index in [-0.39, 0.29) is 28.8 Å². The van der Waals surface area contributed by atoms with Crippen molar-refractivity contribution in [1.29, 1.82) is 0 Å². The van der Waals surface area contributed by atoms with Gasteiger partial charge in [0.25, 0.3) is 0 Å². The number of ether oxygens (including phenoxy) is 1. The first-order valence-electron chi connectivity index (χ1n) is 10.4. The average Bonchev–Trinajstić information content (AvgIpc) is 3.02. The molecule has 8 atom stereocenters. The van der Waals surface area contributed by atoms with E-state index in [9.17, 15) is 9.90 Å². The SMILES string of the molecule is C#CCC[C@]1(C)C[C@@H](O)[C@@]2(C)C3[C@H](OC)CCC3(CC[C@H]2C)[C@@H](C)C1=O. The molecule has 0 radical (unpaired) electrons.